The Labute approximate surface area is 238 Å². The van der Waals surface area contributed by atoms with Crippen LogP contribution in [0.15, 0.2) is 0 Å². The molecule has 37 heavy (non-hydrogen) atoms. The lowest BCUT2D eigenvalue weighted by molar-refractivity contribution is 0.368. The minimum Gasteiger partial charge on any atom is -0.0654 e. The second-order valence-electron chi connectivity index (χ2n) is 13.7. The van der Waals surface area contributed by atoms with Gasteiger partial charge in [0, 0.05) is 0 Å². The molecule has 4 unspecified atom stereocenters. The lowest BCUT2D eigenvalue weighted by Gasteiger charge is -2.16. The molecule has 4 atom stereocenters. The molecule has 0 amide bonds. The first-order valence-corrected chi connectivity index (χ1v) is 18.0. The minimum absolute atomic E-state index is 0.929. The molecule has 0 fully saturated rings. The van der Waals surface area contributed by atoms with Crippen molar-refractivity contribution in [2.75, 3.05) is 0 Å². The molecule has 0 rings (SSSR count). The van der Waals surface area contributed by atoms with Gasteiger partial charge in [-0.3, -0.25) is 0 Å². The van der Waals surface area contributed by atoms with Gasteiger partial charge in [-0.05, 0) is 23.7 Å². The summed E-state index contributed by atoms with van der Waals surface area (Å²) in [5.41, 5.74) is 0. The van der Waals surface area contributed by atoms with E-state index < -0.39 is 0 Å². The van der Waals surface area contributed by atoms with Crippen LogP contribution in [0, 0.1) is 23.7 Å². The summed E-state index contributed by atoms with van der Waals surface area (Å²) in [6.45, 7) is 14.6. The molecule has 0 nitrogen and oxygen atoms in total. The van der Waals surface area contributed by atoms with Gasteiger partial charge in [0.25, 0.3) is 0 Å². The maximum Gasteiger partial charge on any atom is -0.0443 e. The van der Waals surface area contributed by atoms with Crippen molar-refractivity contribution in [2.24, 2.45) is 23.7 Å². The third kappa shape index (κ3) is 28.8. The standard InChI is InChI=1S/C37H76/c1-7-9-10-11-12-13-14-15-16-17-18-19-20-21-22-23-27-35(4)30-25-31-37(6)33-26-32-36(5)29-24-28-34(3)8-2/h34-37H,7-33H2,1-6H3. The van der Waals surface area contributed by atoms with Crippen LogP contribution in [0.25, 0.3) is 0 Å². The lowest BCUT2D eigenvalue weighted by atomic mass is 9.90. The third-order valence-electron chi connectivity index (χ3n) is 9.43. The molecule has 0 aromatic heterocycles. The fourth-order valence-corrected chi connectivity index (χ4v) is 6.12. The predicted molar refractivity (Wildman–Crippen MR) is 173 cm³/mol. The summed E-state index contributed by atoms with van der Waals surface area (Å²) in [5.74, 6) is 3.76. The van der Waals surface area contributed by atoms with Crippen LogP contribution in [0.3, 0.4) is 0 Å². The van der Waals surface area contributed by atoms with Crippen LogP contribution in [0.1, 0.15) is 215 Å². The van der Waals surface area contributed by atoms with Crippen LogP contribution in [0.4, 0.5) is 0 Å². The molecule has 0 heteroatoms. The van der Waals surface area contributed by atoms with Crippen molar-refractivity contribution in [1.82, 2.24) is 0 Å². The highest BCUT2D eigenvalue weighted by molar-refractivity contribution is 4.62. The van der Waals surface area contributed by atoms with Crippen LogP contribution < -0.4 is 0 Å². The highest BCUT2D eigenvalue weighted by atomic mass is 14.1. The van der Waals surface area contributed by atoms with Crippen LogP contribution in [-0.4, -0.2) is 0 Å². The summed E-state index contributed by atoms with van der Waals surface area (Å²) in [6, 6.07) is 0. The van der Waals surface area contributed by atoms with E-state index in [0.29, 0.717) is 0 Å². The monoisotopic (exact) mass is 521 g/mol. The van der Waals surface area contributed by atoms with E-state index in [1.54, 1.807) is 0 Å². The smallest absolute Gasteiger partial charge is 0.0443 e. The van der Waals surface area contributed by atoms with Gasteiger partial charge < -0.3 is 0 Å². The van der Waals surface area contributed by atoms with E-state index in [-0.39, 0.29) is 0 Å². The summed E-state index contributed by atoms with van der Waals surface area (Å²) in [6.07, 6.45) is 39.5. The molecule has 0 aromatic rings. The van der Waals surface area contributed by atoms with E-state index in [1.807, 2.05) is 0 Å². The molecule has 0 N–H and O–H groups in total. The highest BCUT2D eigenvalue weighted by Crippen LogP contribution is 2.24. The largest absolute Gasteiger partial charge is 0.0654 e. The molecular formula is C37H76. The van der Waals surface area contributed by atoms with Crippen molar-refractivity contribution in [3.63, 3.8) is 0 Å². The average Bonchev–Trinajstić information content (AvgIpc) is 2.88. The normalized spacial score (nSPS) is 15.1. The highest BCUT2D eigenvalue weighted by Gasteiger charge is 2.08. The number of hydrogen-bond donors (Lipinski definition) is 0. The quantitative estimate of drug-likeness (QED) is 0.0826. The molecule has 0 aliphatic heterocycles. The zero-order chi connectivity index (χ0) is 27.4. The van der Waals surface area contributed by atoms with E-state index in [0.717, 1.165) is 23.7 Å². The lowest BCUT2D eigenvalue weighted by Crippen LogP contribution is -2.02. The maximum atomic E-state index is 2.51. The molecule has 0 radical (unpaired) electrons. The van der Waals surface area contributed by atoms with Gasteiger partial charge in [0.1, 0.15) is 0 Å². The second kappa shape index (κ2) is 29.0. The molecule has 0 saturated carbocycles. The van der Waals surface area contributed by atoms with Crippen molar-refractivity contribution in [1.29, 1.82) is 0 Å². The average molecular weight is 521 g/mol. The Kier molecular flexibility index (Phi) is 29.0. The van der Waals surface area contributed by atoms with Crippen molar-refractivity contribution in [3.8, 4) is 0 Å². The zero-order valence-electron chi connectivity index (χ0n) is 27.4. The Morgan fingerprint density at radius 2 is 0.514 bits per heavy atom. The molecule has 0 spiro atoms. The van der Waals surface area contributed by atoms with Gasteiger partial charge in [-0.2, -0.15) is 0 Å². The van der Waals surface area contributed by atoms with E-state index in [2.05, 4.69) is 41.5 Å². The molecule has 0 bridgehead atoms. The summed E-state index contributed by atoms with van der Waals surface area (Å²) < 4.78 is 0. The Balaban J connectivity index is 3.36. The second-order valence-corrected chi connectivity index (χ2v) is 13.7. The van der Waals surface area contributed by atoms with Crippen LogP contribution in [0.5, 0.6) is 0 Å². The summed E-state index contributed by atoms with van der Waals surface area (Å²) >= 11 is 0. The van der Waals surface area contributed by atoms with Crippen molar-refractivity contribution >= 4 is 0 Å². The van der Waals surface area contributed by atoms with Crippen molar-refractivity contribution < 1.29 is 0 Å². The fraction of sp³-hybridized carbons (Fsp3) is 1.00. The predicted octanol–water partition coefficient (Wildman–Crippen LogP) is 14.1. The van der Waals surface area contributed by atoms with E-state index in [4.69, 9.17) is 0 Å². The zero-order valence-corrected chi connectivity index (χ0v) is 27.4. The molecule has 0 aliphatic rings. The summed E-state index contributed by atoms with van der Waals surface area (Å²) in [7, 11) is 0. The molecule has 0 heterocycles. The van der Waals surface area contributed by atoms with Crippen molar-refractivity contribution in [2.45, 2.75) is 215 Å². The topological polar surface area (TPSA) is 0 Å². The first kappa shape index (κ1) is 37.0. The Morgan fingerprint density at radius 1 is 0.270 bits per heavy atom. The van der Waals surface area contributed by atoms with Crippen molar-refractivity contribution in [3.05, 3.63) is 0 Å². The molecular weight excluding hydrogens is 444 g/mol. The number of hydrogen-bond acceptors (Lipinski definition) is 0. The Morgan fingerprint density at radius 3 is 0.811 bits per heavy atom. The maximum absolute atomic E-state index is 2.51. The third-order valence-corrected chi connectivity index (χ3v) is 9.43. The SMILES string of the molecule is CCCCCCCCCCCCCCCCCCC(C)CCCC(C)CCCC(C)CCCC(C)CC. The molecule has 0 aliphatic carbocycles. The minimum atomic E-state index is 0.929. The van der Waals surface area contributed by atoms with Gasteiger partial charge in [-0.25, -0.2) is 0 Å². The van der Waals surface area contributed by atoms with Gasteiger partial charge in [-0.15, -0.1) is 0 Å². The number of rotatable bonds is 30. The van der Waals surface area contributed by atoms with Crippen LogP contribution in [0.2, 0.25) is 0 Å². The Bertz CT molecular complexity index is 412. The van der Waals surface area contributed by atoms with Gasteiger partial charge in [-0.1, -0.05) is 215 Å². The fourth-order valence-electron chi connectivity index (χ4n) is 6.12. The van der Waals surface area contributed by atoms with Crippen LogP contribution >= 0.6 is 0 Å². The van der Waals surface area contributed by atoms with E-state index in [9.17, 15) is 0 Å². The molecule has 224 valence electrons. The van der Waals surface area contributed by atoms with E-state index >= 15 is 0 Å². The van der Waals surface area contributed by atoms with Gasteiger partial charge in [0.15, 0.2) is 0 Å². The van der Waals surface area contributed by atoms with Gasteiger partial charge in [0.2, 0.25) is 0 Å². The van der Waals surface area contributed by atoms with E-state index in [1.165, 1.54) is 173 Å². The summed E-state index contributed by atoms with van der Waals surface area (Å²) in [5, 5.41) is 0. The van der Waals surface area contributed by atoms with Gasteiger partial charge in [0.05, 0.1) is 0 Å². The van der Waals surface area contributed by atoms with Crippen LogP contribution in [-0.2, 0) is 0 Å². The van der Waals surface area contributed by atoms with Gasteiger partial charge >= 0.3 is 0 Å². The first-order chi connectivity index (χ1) is 18.0. The molecule has 0 aromatic carbocycles. The summed E-state index contributed by atoms with van der Waals surface area (Å²) in [4.78, 5) is 0. The Hall–Kier alpha value is 0. The number of unbranched alkanes of at least 4 members (excludes halogenated alkanes) is 15. The first-order valence-electron chi connectivity index (χ1n) is 18.0. The molecule has 0 saturated heterocycles.